The molecule has 0 saturated carbocycles. The van der Waals surface area contributed by atoms with Crippen molar-refractivity contribution < 1.29 is 42.7 Å². The maximum Gasteiger partial charge on any atom is 0.303 e. The summed E-state index contributed by atoms with van der Waals surface area (Å²) in [4.78, 5) is 75.7. The Labute approximate surface area is 239 Å². The summed E-state index contributed by atoms with van der Waals surface area (Å²) in [5.74, 6) is -7.69. The van der Waals surface area contributed by atoms with E-state index < -0.39 is 66.5 Å². The lowest BCUT2D eigenvalue weighted by molar-refractivity contribution is -0.138. The largest absolute Gasteiger partial charge is 0.481 e. The zero-order valence-corrected chi connectivity index (χ0v) is 22.5. The summed E-state index contributed by atoms with van der Waals surface area (Å²) in [5, 5.41) is 25.5. The molecular formula is C27H30F2N6O7. The van der Waals surface area contributed by atoms with E-state index in [1.807, 2.05) is 0 Å². The molecule has 3 aliphatic heterocycles. The second-order valence-electron chi connectivity index (χ2n) is 10.6. The molecule has 0 spiro atoms. The number of carbonyl (C=O) groups excluding carboxylic acids is 5. The molecule has 0 unspecified atom stereocenters. The molecule has 13 nitrogen and oxygen atoms in total. The van der Waals surface area contributed by atoms with E-state index in [4.69, 9.17) is 10.4 Å². The Morgan fingerprint density at radius 3 is 2.57 bits per heavy atom. The van der Waals surface area contributed by atoms with Crippen LogP contribution in [0.3, 0.4) is 0 Å². The van der Waals surface area contributed by atoms with E-state index in [2.05, 4.69) is 16.0 Å². The summed E-state index contributed by atoms with van der Waals surface area (Å²) in [5.41, 5.74) is 1.73. The fourth-order valence-electron chi connectivity index (χ4n) is 5.38. The Kier molecular flexibility index (Phi) is 9.03. The highest BCUT2D eigenvalue weighted by molar-refractivity contribution is 5.97. The number of carboxylic acids is 1. The molecule has 15 heteroatoms. The van der Waals surface area contributed by atoms with Crippen molar-refractivity contribution in [3.05, 3.63) is 34.9 Å². The summed E-state index contributed by atoms with van der Waals surface area (Å²) in [6.07, 6.45) is -1.51. The molecule has 0 aromatic heterocycles. The fraction of sp³-hybridized carbons (Fsp3) is 0.519. The van der Waals surface area contributed by atoms with Gasteiger partial charge in [-0.1, -0.05) is 12.1 Å². The molecule has 0 aliphatic carbocycles. The van der Waals surface area contributed by atoms with Gasteiger partial charge in [0.15, 0.2) is 0 Å². The van der Waals surface area contributed by atoms with Crippen molar-refractivity contribution in [2.75, 3.05) is 19.6 Å². The minimum atomic E-state index is -3.19. The van der Waals surface area contributed by atoms with Crippen molar-refractivity contribution in [3.63, 3.8) is 0 Å². The van der Waals surface area contributed by atoms with Gasteiger partial charge < -0.3 is 30.9 Å². The van der Waals surface area contributed by atoms with Crippen LogP contribution >= 0.6 is 0 Å². The average Bonchev–Trinajstić information content (AvgIpc) is 3.63. The molecule has 4 N–H and O–H groups in total. The number of nitriles is 1. The molecule has 2 fully saturated rings. The topological polar surface area (TPSA) is 189 Å². The van der Waals surface area contributed by atoms with Gasteiger partial charge in [0.25, 0.3) is 11.8 Å². The van der Waals surface area contributed by atoms with Crippen LogP contribution in [-0.4, -0.2) is 88.1 Å². The standard InChI is InChI=1S/C27H30F2N6O7/c28-27(29)10-17(11-30)35(14-27)26(42)20-8-16(24(40)33-20)9-22(37)34-12-15-2-1-3-18(19(15)13-34)25(41)32-7-6-31-21(36)4-5-23(38)39/h1-3,16-17,20H,4-10,12-14H2,(H,31,36)(H,32,41)(H,33,40)(H,38,39)/t16-,17-,20-/m0/s1. The number of hydrogen-bond donors (Lipinski definition) is 4. The number of amides is 5. The van der Waals surface area contributed by atoms with Crippen molar-refractivity contribution in [3.8, 4) is 6.07 Å². The van der Waals surface area contributed by atoms with Crippen molar-refractivity contribution in [2.24, 2.45) is 5.92 Å². The molecule has 42 heavy (non-hydrogen) atoms. The number of likely N-dealkylation sites (tertiary alicyclic amines) is 1. The Balaban J connectivity index is 1.28. The third kappa shape index (κ3) is 6.99. The van der Waals surface area contributed by atoms with Gasteiger partial charge in [-0.3, -0.25) is 28.8 Å². The first kappa shape index (κ1) is 30.4. The zero-order chi connectivity index (χ0) is 30.6. The van der Waals surface area contributed by atoms with Crippen molar-refractivity contribution in [1.29, 1.82) is 5.26 Å². The van der Waals surface area contributed by atoms with Gasteiger partial charge in [-0.05, 0) is 23.6 Å². The number of fused-ring (bicyclic) bond motifs is 1. The van der Waals surface area contributed by atoms with E-state index in [1.54, 1.807) is 24.3 Å². The Bertz CT molecular complexity index is 1350. The van der Waals surface area contributed by atoms with Gasteiger partial charge in [-0.2, -0.15) is 5.26 Å². The third-order valence-electron chi connectivity index (χ3n) is 7.51. The molecule has 5 amide bonds. The molecule has 224 valence electrons. The summed E-state index contributed by atoms with van der Waals surface area (Å²) >= 11 is 0. The summed E-state index contributed by atoms with van der Waals surface area (Å²) in [6, 6.07) is 4.36. The van der Waals surface area contributed by atoms with Crippen molar-refractivity contribution in [2.45, 2.75) is 63.2 Å². The van der Waals surface area contributed by atoms with E-state index in [1.165, 1.54) is 4.90 Å². The SMILES string of the molecule is N#C[C@@H]1CC(F)(F)CN1C(=O)[C@@H]1C[C@@H](CC(=O)N2Cc3cccc(C(=O)NCCNC(=O)CCC(=O)O)c3C2)C(=O)N1. The summed E-state index contributed by atoms with van der Waals surface area (Å²) in [7, 11) is 0. The quantitative estimate of drug-likeness (QED) is 0.273. The average molecular weight is 589 g/mol. The van der Waals surface area contributed by atoms with Crippen LogP contribution in [0.1, 0.15) is 53.6 Å². The molecule has 0 bridgehead atoms. The maximum absolute atomic E-state index is 13.8. The van der Waals surface area contributed by atoms with Crippen molar-refractivity contribution in [1.82, 2.24) is 25.8 Å². The highest BCUT2D eigenvalue weighted by Crippen LogP contribution is 2.34. The van der Waals surface area contributed by atoms with Crippen LogP contribution < -0.4 is 16.0 Å². The van der Waals surface area contributed by atoms with Gasteiger partial charge in [0.05, 0.1) is 19.0 Å². The van der Waals surface area contributed by atoms with Gasteiger partial charge in [0, 0.05) is 56.9 Å². The number of carboxylic acid groups (broad SMARTS) is 1. The van der Waals surface area contributed by atoms with Crippen LogP contribution in [-0.2, 0) is 37.1 Å². The fourth-order valence-corrected chi connectivity index (χ4v) is 5.38. The van der Waals surface area contributed by atoms with Crippen LogP contribution in [0.2, 0.25) is 0 Å². The molecule has 3 heterocycles. The first-order valence-corrected chi connectivity index (χ1v) is 13.4. The number of nitrogens with zero attached hydrogens (tertiary/aromatic N) is 3. The lowest BCUT2D eigenvalue weighted by Crippen LogP contribution is -2.46. The van der Waals surface area contributed by atoms with E-state index in [9.17, 15) is 37.5 Å². The molecule has 3 aliphatic rings. The first-order chi connectivity index (χ1) is 19.9. The van der Waals surface area contributed by atoms with Gasteiger partial charge in [0.1, 0.15) is 12.1 Å². The number of carbonyl (C=O) groups is 6. The van der Waals surface area contributed by atoms with Gasteiger partial charge in [-0.15, -0.1) is 0 Å². The molecule has 3 atom stereocenters. The minimum absolute atomic E-state index is 0.0646. The summed E-state index contributed by atoms with van der Waals surface area (Å²) < 4.78 is 27.6. The van der Waals surface area contributed by atoms with Gasteiger partial charge in [0.2, 0.25) is 23.6 Å². The smallest absolute Gasteiger partial charge is 0.303 e. The van der Waals surface area contributed by atoms with Crippen LogP contribution in [0.15, 0.2) is 18.2 Å². The summed E-state index contributed by atoms with van der Waals surface area (Å²) in [6.45, 7) is -0.367. The number of halogens is 2. The van der Waals surface area contributed by atoms with Gasteiger partial charge >= 0.3 is 5.97 Å². The molecule has 4 rings (SSSR count). The number of aliphatic carboxylic acids is 1. The Morgan fingerprint density at radius 1 is 1.12 bits per heavy atom. The van der Waals surface area contributed by atoms with E-state index in [0.29, 0.717) is 11.1 Å². The first-order valence-electron chi connectivity index (χ1n) is 13.4. The van der Waals surface area contributed by atoms with Gasteiger partial charge in [-0.25, -0.2) is 8.78 Å². The van der Waals surface area contributed by atoms with Crippen LogP contribution in [0.5, 0.6) is 0 Å². The number of rotatable bonds is 10. The zero-order valence-electron chi connectivity index (χ0n) is 22.5. The Morgan fingerprint density at radius 2 is 1.86 bits per heavy atom. The number of nitrogens with one attached hydrogen (secondary N) is 3. The van der Waals surface area contributed by atoms with Crippen LogP contribution in [0, 0.1) is 17.2 Å². The predicted molar refractivity (Wildman–Crippen MR) is 138 cm³/mol. The molecule has 1 aromatic rings. The van der Waals surface area contributed by atoms with E-state index >= 15 is 0 Å². The highest BCUT2D eigenvalue weighted by Gasteiger charge is 2.50. The molecule has 2 saturated heterocycles. The lowest BCUT2D eigenvalue weighted by atomic mass is 9.99. The number of benzene rings is 1. The molecular weight excluding hydrogens is 558 g/mol. The predicted octanol–water partition coefficient (Wildman–Crippen LogP) is -0.106. The number of alkyl halides is 2. The molecule has 0 radical (unpaired) electrons. The monoisotopic (exact) mass is 588 g/mol. The maximum atomic E-state index is 13.8. The minimum Gasteiger partial charge on any atom is -0.481 e. The van der Waals surface area contributed by atoms with Crippen LogP contribution in [0.25, 0.3) is 0 Å². The second-order valence-corrected chi connectivity index (χ2v) is 10.6. The second kappa shape index (κ2) is 12.5. The normalized spacial score (nSPS) is 22.2. The highest BCUT2D eigenvalue weighted by atomic mass is 19.3. The van der Waals surface area contributed by atoms with E-state index in [0.717, 1.165) is 10.5 Å². The van der Waals surface area contributed by atoms with Crippen LogP contribution in [0.4, 0.5) is 8.78 Å². The Hall–Kier alpha value is -4.61. The molecule has 1 aromatic carbocycles. The third-order valence-corrected chi connectivity index (χ3v) is 7.51. The lowest BCUT2D eigenvalue weighted by Gasteiger charge is -2.22. The van der Waals surface area contributed by atoms with Crippen molar-refractivity contribution >= 4 is 35.5 Å². The van der Waals surface area contributed by atoms with E-state index in [-0.39, 0.29) is 57.8 Å². The number of hydrogen-bond acceptors (Lipinski definition) is 7.